The van der Waals surface area contributed by atoms with Gasteiger partial charge in [0.2, 0.25) is 0 Å². The highest BCUT2D eigenvalue weighted by atomic mass is 16.7. The van der Waals surface area contributed by atoms with E-state index in [0.29, 0.717) is 13.0 Å². The Balaban J connectivity index is 2.13. The molecule has 0 spiro atoms. The SMILES string of the molecule is COCO[C@H]1[C@H](OCOC)[C@@H](OCOC)CN2CC[C@H](O)[C@H]12. The van der Waals surface area contributed by atoms with Crippen LogP contribution in [0.15, 0.2) is 0 Å². The fourth-order valence-electron chi connectivity index (χ4n) is 3.23. The Morgan fingerprint density at radius 1 is 0.909 bits per heavy atom. The topological polar surface area (TPSA) is 78.9 Å². The van der Waals surface area contributed by atoms with Gasteiger partial charge in [0, 0.05) is 34.4 Å². The summed E-state index contributed by atoms with van der Waals surface area (Å²) in [6.45, 7) is 1.91. The molecular formula is C14H27NO7. The Morgan fingerprint density at radius 3 is 2.14 bits per heavy atom. The van der Waals surface area contributed by atoms with E-state index in [2.05, 4.69) is 4.90 Å². The van der Waals surface area contributed by atoms with E-state index in [9.17, 15) is 5.11 Å². The number of fused-ring (bicyclic) bond motifs is 1. The number of methoxy groups -OCH3 is 3. The third kappa shape index (κ3) is 4.15. The van der Waals surface area contributed by atoms with Gasteiger partial charge in [0.05, 0.1) is 12.1 Å². The van der Waals surface area contributed by atoms with Crippen molar-refractivity contribution >= 4 is 0 Å². The van der Waals surface area contributed by atoms with E-state index < -0.39 is 6.10 Å². The molecule has 0 aromatic rings. The highest BCUT2D eigenvalue weighted by molar-refractivity contribution is 5.03. The van der Waals surface area contributed by atoms with E-state index >= 15 is 0 Å². The second-order valence-electron chi connectivity index (χ2n) is 5.53. The molecule has 2 aliphatic heterocycles. The number of ether oxygens (including phenoxy) is 6. The number of aliphatic hydroxyl groups excluding tert-OH is 1. The molecule has 0 bridgehead atoms. The number of piperidine rings is 1. The highest BCUT2D eigenvalue weighted by Gasteiger charge is 2.51. The van der Waals surface area contributed by atoms with E-state index in [4.69, 9.17) is 28.4 Å². The molecular weight excluding hydrogens is 294 g/mol. The first-order chi connectivity index (χ1) is 10.7. The van der Waals surface area contributed by atoms with E-state index in [1.165, 1.54) is 0 Å². The molecule has 22 heavy (non-hydrogen) atoms. The lowest BCUT2D eigenvalue weighted by molar-refractivity contribution is -0.244. The van der Waals surface area contributed by atoms with Crippen LogP contribution < -0.4 is 0 Å². The van der Waals surface area contributed by atoms with Crippen molar-refractivity contribution in [2.75, 3.05) is 54.8 Å². The summed E-state index contributed by atoms with van der Waals surface area (Å²) in [5.41, 5.74) is 0. The van der Waals surface area contributed by atoms with Crippen molar-refractivity contribution in [1.82, 2.24) is 4.90 Å². The second-order valence-corrected chi connectivity index (χ2v) is 5.53. The summed E-state index contributed by atoms with van der Waals surface area (Å²) in [7, 11) is 4.71. The smallest absolute Gasteiger partial charge is 0.146 e. The van der Waals surface area contributed by atoms with Crippen LogP contribution in [0.25, 0.3) is 0 Å². The Morgan fingerprint density at radius 2 is 1.50 bits per heavy atom. The summed E-state index contributed by atoms with van der Waals surface area (Å²) in [6.07, 6.45) is -0.675. The predicted octanol–water partition coefficient (Wildman–Crippen LogP) is -0.597. The number of hydrogen-bond donors (Lipinski definition) is 1. The van der Waals surface area contributed by atoms with Crippen molar-refractivity contribution in [2.45, 2.75) is 36.9 Å². The zero-order valence-corrected chi connectivity index (χ0v) is 13.5. The zero-order valence-electron chi connectivity index (χ0n) is 13.5. The Labute approximate surface area is 131 Å². The van der Waals surface area contributed by atoms with Crippen molar-refractivity contribution in [2.24, 2.45) is 0 Å². The molecule has 2 aliphatic rings. The molecule has 1 N–H and O–H groups in total. The number of hydrogen-bond acceptors (Lipinski definition) is 8. The van der Waals surface area contributed by atoms with Gasteiger partial charge < -0.3 is 33.5 Å². The summed E-state index contributed by atoms with van der Waals surface area (Å²) in [6, 6.07) is -0.126. The Bertz CT molecular complexity index is 320. The minimum Gasteiger partial charge on any atom is -0.391 e. The molecule has 0 aliphatic carbocycles. The van der Waals surface area contributed by atoms with Gasteiger partial charge in [-0.15, -0.1) is 0 Å². The number of aliphatic hydroxyl groups is 1. The third-order valence-electron chi connectivity index (χ3n) is 4.13. The first-order valence-electron chi connectivity index (χ1n) is 7.46. The van der Waals surface area contributed by atoms with Gasteiger partial charge in [0.15, 0.2) is 0 Å². The molecule has 0 saturated carbocycles. The van der Waals surface area contributed by atoms with Crippen molar-refractivity contribution in [3.05, 3.63) is 0 Å². The maximum Gasteiger partial charge on any atom is 0.146 e. The van der Waals surface area contributed by atoms with Crippen LogP contribution in [0, 0.1) is 0 Å². The van der Waals surface area contributed by atoms with Crippen molar-refractivity contribution < 1.29 is 33.5 Å². The minimum atomic E-state index is -0.445. The first kappa shape index (κ1) is 18.0. The fourth-order valence-corrected chi connectivity index (χ4v) is 3.23. The molecule has 2 heterocycles. The molecule has 0 aromatic heterocycles. The number of nitrogens with zero attached hydrogens (tertiary/aromatic N) is 1. The summed E-state index contributed by atoms with van der Waals surface area (Å²) < 4.78 is 32.4. The molecule has 0 radical (unpaired) electrons. The molecule has 0 amide bonds. The second kappa shape index (κ2) is 9.09. The lowest BCUT2D eigenvalue weighted by Gasteiger charge is -2.46. The average molecular weight is 321 g/mol. The molecule has 0 aromatic carbocycles. The lowest BCUT2D eigenvalue weighted by atomic mass is 9.92. The number of rotatable bonds is 9. The molecule has 2 saturated heterocycles. The van der Waals surface area contributed by atoms with E-state index in [1.54, 1.807) is 21.3 Å². The normalized spacial score (nSPS) is 35.7. The maximum atomic E-state index is 10.3. The van der Waals surface area contributed by atoms with Crippen LogP contribution in [-0.4, -0.2) is 95.3 Å². The van der Waals surface area contributed by atoms with Gasteiger partial charge in [-0.05, 0) is 6.42 Å². The van der Waals surface area contributed by atoms with E-state index in [1.807, 2.05) is 0 Å². The largest absolute Gasteiger partial charge is 0.391 e. The van der Waals surface area contributed by atoms with Crippen molar-refractivity contribution in [3.63, 3.8) is 0 Å². The van der Waals surface area contributed by atoms with Gasteiger partial charge in [-0.3, -0.25) is 4.90 Å². The average Bonchev–Trinajstić information content (AvgIpc) is 2.89. The van der Waals surface area contributed by atoms with Gasteiger partial charge >= 0.3 is 0 Å². The van der Waals surface area contributed by atoms with Crippen LogP contribution >= 0.6 is 0 Å². The predicted molar refractivity (Wildman–Crippen MR) is 76.2 cm³/mol. The standard InChI is InChI=1S/C14H27NO7/c1-17-7-20-11-6-15-5-4-10(16)12(15)14(22-9-19-3)13(11)21-8-18-2/h10-14,16H,4-9H2,1-3H3/t10-,11-,12+,13+,14+/m0/s1. The molecule has 8 heteroatoms. The van der Waals surface area contributed by atoms with Crippen LogP contribution in [0.1, 0.15) is 6.42 Å². The Kier molecular flexibility index (Phi) is 7.45. The summed E-state index contributed by atoms with van der Waals surface area (Å²) in [5, 5.41) is 10.3. The molecule has 5 atom stereocenters. The van der Waals surface area contributed by atoms with Crippen LogP contribution in [0.5, 0.6) is 0 Å². The third-order valence-corrected chi connectivity index (χ3v) is 4.13. The van der Waals surface area contributed by atoms with Gasteiger partial charge in [-0.1, -0.05) is 0 Å². The zero-order chi connectivity index (χ0) is 15.9. The quantitative estimate of drug-likeness (QED) is 0.564. The van der Waals surface area contributed by atoms with Gasteiger partial charge in [0.1, 0.15) is 38.7 Å². The van der Waals surface area contributed by atoms with Gasteiger partial charge in [0.25, 0.3) is 0 Å². The molecule has 0 unspecified atom stereocenters. The maximum absolute atomic E-state index is 10.3. The minimum absolute atomic E-state index is 0.126. The first-order valence-corrected chi connectivity index (χ1v) is 7.46. The van der Waals surface area contributed by atoms with E-state index in [-0.39, 0.29) is 44.7 Å². The van der Waals surface area contributed by atoms with Crippen LogP contribution in [-0.2, 0) is 28.4 Å². The summed E-state index contributed by atoms with van der Waals surface area (Å²) in [4.78, 5) is 2.18. The molecule has 2 rings (SSSR count). The van der Waals surface area contributed by atoms with Crippen molar-refractivity contribution in [3.8, 4) is 0 Å². The molecule has 130 valence electrons. The van der Waals surface area contributed by atoms with Crippen LogP contribution in [0.4, 0.5) is 0 Å². The van der Waals surface area contributed by atoms with Gasteiger partial charge in [-0.25, -0.2) is 0 Å². The van der Waals surface area contributed by atoms with Crippen LogP contribution in [0.3, 0.4) is 0 Å². The Hall–Kier alpha value is -0.320. The van der Waals surface area contributed by atoms with Gasteiger partial charge in [-0.2, -0.15) is 0 Å². The summed E-state index contributed by atoms with van der Waals surface area (Å²) in [5.74, 6) is 0. The van der Waals surface area contributed by atoms with Crippen LogP contribution in [0.2, 0.25) is 0 Å². The van der Waals surface area contributed by atoms with Crippen molar-refractivity contribution in [1.29, 1.82) is 0 Å². The molecule has 8 nitrogen and oxygen atoms in total. The lowest BCUT2D eigenvalue weighted by Crippen LogP contribution is -2.63. The highest BCUT2D eigenvalue weighted by Crippen LogP contribution is 2.32. The monoisotopic (exact) mass is 321 g/mol. The fraction of sp³-hybridized carbons (Fsp3) is 1.00. The summed E-state index contributed by atoms with van der Waals surface area (Å²) >= 11 is 0. The van der Waals surface area contributed by atoms with E-state index in [0.717, 1.165) is 6.54 Å². The molecule has 2 fully saturated rings.